The summed E-state index contributed by atoms with van der Waals surface area (Å²) in [4.78, 5) is 32.7. The van der Waals surface area contributed by atoms with Gasteiger partial charge in [0.25, 0.3) is 5.91 Å². The maximum Gasteiger partial charge on any atom is 0.254 e. The van der Waals surface area contributed by atoms with Crippen LogP contribution in [-0.4, -0.2) is 34.3 Å². The molecule has 1 N–H and O–H groups in total. The number of nitrogens with zero attached hydrogens (tertiary/aromatic N) is 2. The molecule has 0 aliphatic rings. The number of carbonyl (C=O) groups excluding carboxylic acids is 2. The molecule has 0 fully saturated rings. The van der Waals surface area contributed by atoms with E-state index in [1.165, 1.54) is 0 Å². The Morgan fingerprint density at radius 2 is 1.77 bits per heavy atom. The summed E-state index contributed by atoms with van der Waals surface area (Å²) in [5, 5.41) is 2.89. The first-order chi connectivity index (χ1) is 15.1. The summed E-state index contributed by atoms with van der Waals surface area (Å²) in [6, 6.07) is 20.2. The number of aromatic nitrogens is 1. The Balaban J connectivity index is 1.65. The van der Waals surface area contributed by atoms with Crippen molar-refractivity contribution in [2.75, 3.05) is 11.9 Å². The van der Waals surface area contributed by atoms with Gasteiger partial charge in [-0.05, 0) is 61.4 Å². The molecule has 0 aliphatic carbocycles. The molecule has 160 valence electrons. The average Bonchev–Trinajstić information content (AvgIpc) is 2.82. The Kier molecular flexibility index (Phi) is 8.24. The summed E-state index contributed by atoms with van der Waals surface area (Å²) >= 11 is 1.70. The van der Waals surface area contributed by atoms with Crippen molar-refractivity contribution in [2.24, 2.45) is 0 Å². The number of pyridine rings is 1. The van der Waals surface area contributed by atoms with Crippen LogP contribution >= 0.6 is 11.8 Å². The van der Waals surface area contributed by atoms with Crippen LogP contribution in [0.2, 0.25) is 0 Å². The molecule has 31 heavy (non-hydrogen) atoms. The van der Waals surface area contributed by atoms with Crippen molar-refractivity contribution in [2.45, 2.75) is 37.0 Å². The van der Waals surface area contributed by atoms with E-state index in [0.717, 1.165) is 28.3 Å². The van der Waals surface area contributed by atoms with Crippen LogP contribution in [0.1, 0.15) is 36.2 Å². The molecule has 1 atom stereocenters. The molecule has 2 aromatic carbocycles. The van der Waals surface area contributed by atoms with Crippen LogP contribution in [0.5, 0.6) is 0 Å². The Hall–Kier alpha value is -3.12. The van der Waals surface area contributed by atoms with Gasteiger partial charge in [0.2, 0.25) is 5.91 Å². The second-order valence-corrected chi connectivity index (χ2v) is 8.25. The highest BCUT2D eigenvalue weighted by molar-refractivity contribution is 7.98. The molecule has 3 aromatic rings. The van der Waals surface area contributed by atoms with Gasteiger partial charge in [-0.1, -0.05) is 31.2 Å². The number of carbonyl (C=O) groups is 2. The number of hydrogen-bond acceptors (Lipinski definition) is 4. The summed E-state index contributed by atoms with van der Waals surface area (Å²) in [7, 11) is 0. The third kappa shape index (κ3) is 6.43. The van der Waals surface area contributed by atoms with E-state index in [1.807, 2.05) is 79.9 Å². The van der Waals surface area contributed by atoms with Gasteiger partial charge in [-0.25, -0.2) is 0 Å². The van der Waals surface area contributed by atoms with Crippen molar-refractivity contribution in [1.82, 2.24) is 9.88 Å². The van der Waals surface area contributed by atoms with Gasteiger partial charge in [0.05, 0.1) is 0 Å². The second-order valence-electron chi connectivity index (χ2n) is 7.20. The number of thioether (sulfide) groups is 1. The lowest BCUT2D eigenvalue weighted by molar-refractivity contribution is -0.120. The number of para-hydroxylation sites is 1. The second kappa shape index (κ2) is 11.3. The fourth-order valence-electron chi connectivity index (χ4n) is 3.13. The molecule has 0 saturated carbocycles. The molecule has 2 amide bonds. The van der Waals surface area contributed by atoms with E-state index >= 15 is 0 Å². The normalized spacial score (nSPS) is 11.5. The van der Waals surface area contributed by atoms with Crippen molar-refractivity contribution in [3.05, 3.63) is 90.3 Å². The van der Waals surface area contributed by atoms with E-state index in [-0.39, 0.29) is 11.8 Å². The summed E-state index contributed by atoms with van der Waals surface area (Å²) < 4.78 is 0. The third-order valence-electron chi connectivity index (χ3n) is 4.84. The predicted octanol–water partition coefficient (Wildman–Crippen LogP) is 5.25. The zero-order valence-corrected chi connectivity index (χ0v) is 18.6. The fourth-order valence-corrected chi connectivity index (χ4v) is 3.96. The topological polar surface area (TPSA) is 62.3 Å². The monoisotopic (exact) mass is 433 g/mol. The number of rotatable bonds is 9. The van der Waals surface area contributed by atoms with Crippen molar-refractivity contribution < 1.29 is 9.59 Å². The number of benzene rings is 2. The van der Waals surface area contributed by atoms with E-state index in [2.05, 4.69) is 10.3 Å². The number of hydrogen-bond donors (Lipinski definition) is 1. The Labute approximate surface area is 187 Å². The molecule has 0 saturated heterocycles. The minimum Gasteiger partial charge on any atom is -0.327 e. The van der Waals surface area contributed by atoms with Crippen LogP contribution in [0.25, 0.3) is 0 Å². The highest BCUT2D eigenvalue weighted by Crippen LogP contribution is 2.23. The van der Waals surface area contributed by atoms with Crippen LogP contribution in [0.15, 0.2) is 84.0 Å². The molecule has 5 nitrogen and oxygen atoms in total. The molecule has 0 aliphatic heterocycles. The molecule has 1 heterocycles. The van der Waals surface area contributed by atoms with Crippen molar-refractivity contribution >= 4 is 29.3 Å². The molecule has 0 spiro atoms. The first kappa shape index (κ1) is 22.6. The minimum atomic E-state index is -0.577. The van der Waals surface area contributed by atoms with E-state index in [9.17, 15) is 9.59 Å². The van der Waals surface area contributed by atoms with Crippen LogP contribution in [0, 0.1) is 0 Å². The lowest BCUT2D eigenvalue weighted by atomic mass is 10.1. The molecule has 0 radical (unpaired) electrons. The average molecular weight is 434 g/mol. The lowest BCUT2D eigenvalue weighted by Crippen LogP contribution is -2.46. The third-order valence-corrected chi connectivity index (χ3v) is 5.93. The van der Waals surface area contributed by atoms with E-state index in [0.29, 0.717) is 12.1 Å². The molecular formula is C25H27N3O2S. The maximum absolute atomic E-state index is 13.2. The quantitative estimate of drug-likeness (QED) is 0.468. The standard InChI is InChI=1S/C25H27N3O2S/c1-3-16-28(19(2)24(29)27-22-9-5-4-6-10-22)25(30)21-11-13-23(14-12-21)31-18-20-8-7-15-26-17-20/h4-15,17,19H,3,16,18H2,1-2H3,(H,27,29). The Bertz CT molecular complexity index is 979. The zero-order valence-electron chi connectivity index (χ0n) is 17.8. The first-order valence-electron chi connectivity index (χ1n) is 10.4. The number of amides is 2. The van der Waals surface area contributed by atoms with Crippen molar-refractivity contribution in [3.63, 3.8) is 0 Å². The van der Waals surface area contributed by atoms with Crippen LogP contribution < -0.4 is 5.32 Å². The van der Waals surface area contributed by atoms with E-state index in [4.69, 9.17) is 0 Å². The Morgan fingerprint density at radius 3 is 2.42 bits per heavy atom. The fraction of sp³-hybridized carbons (Fsp3) is 0.240. The highest BCUT2D eigenvalue weighted by Gasteiger charge is 2.26. The van der Waals surface area contributed by atoms with Crippen molar-refractivity contribution in [1.29, 1.82) is 0 Å². The molecular weight excluding hydrogens is 406 g/mol. The van der Waals surface area contributed by atoms with Gasteiger partial charge in [-0.15, -0.1) is 11.8 Å². The molecule has 6 heteroatoms. The van der Waals surface area contributed by atoms with Crippen molar-refractivity contribution in [3.8, 4) is 0 Å². The smallest absolute Gasteiger partial charge is 0.254 e. The summed E-state index contributed by atoms with van der Waals surface area (Å²) in [6.45, 7) is 4.28. The predicted molar refractivity (Wildman–Crippen MR) is 126 cm³/mol. The maximum atomic E-state index is 13.2. The van der Waals surface area contributed by atoms with Crippen LogP contribution in [-0.2, 0) is 10.5 Å². The lowest BCUT2D eigenvalue weighted by Gasteiger charge is -2.28. The highest BCUT2D eigenvalue weighted by atomic mass is 32.2. The van der Waals surface area contributed by atoms with Crippen LogP contribution in [0.3, 0.4) is 0 Å². The summed E-state index contributed by atoms with van der Waals surface area (Å²) in [5.41, 5.74) is 2.46. The molecule has 1 aromatic heterocycles. The van der Waals surface area contributed by atoms with E-state index in [1.54, 1.807) is 29.8 Å². The van der Waals surface area contributed by atoms with Gasteiger partial charge in [0.15, 0.2) is 0 Å². The summed E-state index contributed by atoms with van der Waals surface area (Å²) in [6.07, 6.45) is 4.39. The van der Waals surface area contributed by atoms with Gasteiger partial charge in [0.1, 0.15) is 6.04 Å². The number of anilines is 1. The van der Waals surface area contributed by atoms with Crippen LogP contribution in [0.4, 0.5) is 5.69 Å². The van der Waals surface area contributed by atoms with Gasteiger partial charge < -0.3 is 10.2 Å². The van der Waals surface area contributed by atoms with E-state index < -0.39 is 6.04 Å². The van der Waals surface area contributed by atoms with Gasteiger partial charge in [-0.3, -0.25) is 14.6 Å². The Morgan fingerprint density at radius 1 is 1.03 bits per heavy atom. The van der Waals surface area contributed by atoms with Gasteiger partial charge in [-0.2, -0.15) is 0 Å². The SMILES string of the molecule is CCCN(C(=O)c1ccc(SCc2cccnc2)cc1)C(C)C(=O)Nc1ccccc1. The number of nitrogens with one attached hydrogen (secondary N) is 1. The first-order valence-corrected chi connectivity index (χ1v) is 11.4. The molecule has 1 unspecified atom stereocenters. The van der Waals surface area contributed by atoms with Gasteiger partial charge >= 0.3 is 0 Å². The molecule has 0 bridgehead atoms. The summed E-state index contributed by atoms with van der Waals surface area (Å²) in [5.74, 6) is 0.484. The largest absolute Gasteiger partial charge is 0.327 e. The minimum absolute atomic E-state index is 0.138. The zero-order chi connectivity index (χ0) is 22.1. The molecule has 3 rings (SSSR count). The van der Waals surface area contributed by atoms with Gasteiger partial charge in [0, 0.05) is 40.8 Å².